The molecule has 0 aliphatic heterocycles. The largest absolute Gasteiger partial charge is 0.494 e. The number of non-ortho nitro benzene ring substituents is 1. The SMILES string of the molecule is CCn1ncc(Cl)c1C(=O)Nc1ccc([N+](=O)[O-])cc1OC. The summed E-state index contributed by atoms with van der Waals surface area (Å²) in [5.41, 5.74) is 0.383. The first-order chi connectivity index (χ1) is 10.5. The monoisotopic (exact) mass is 324 g/mol. The van der Waals surface area contributed by atoms with E-state index in [9.17, 15) is 14.9 Å². The van der Waals surface area contributed by atoms with Crippen LogP contribution in [-0.4, -0.2) is 27.7 Å². The summed E-state index contributed by atoms with van der Waals surface area (Å²) in [4.78, 5) is 22.5. The van der Waals surface area contributed by atoms with Gasteiger partial charge in [0.15, 0.2) is 0 Å². The number of aromatic nitrogens is 2. The van der Waals surface area contributed by atoms with Gasteiger partial charge in [-0.2, -0.15) is 5.10 Å². The van der Waals surface area contributed by atoms with E-state index in [0.717, 1.165) is 0 Å². The number of amides is 1. The lowest BCUT2D eigenvalue weighted by Crippen LogP contribution is -2.18. The second kappa shape index (κ2) is 6.44. The number of nitrogens with one attached hydrogen (secondary N) is 1. The smallest absolute Gasteiger partial charge is 0.275 e. The molecule has 0 bridgehead atoms. The second-order valence-corrected chi connectivity index (χ2v) is 4.66. The molecule has 1 amide bonds. The Morgan fingerprint density at radius 3 is 2.86 bits per heavy atom. The number of rotatable bonds is 5. The first-order valence-electron chi connectivity index (χ1n) is 6.33. The van der Waals surface area contributed by atoms with Gasteiger partial charge in [0, 0.05) is 12.6 Å². The number of carbonyl (C=O) groups excluding carboxylic acids is 1. The number of halogens is 1. The molecule has 0 spiro atoms. The Morgan fingerprint density at radius 2 is 2.27 bits per heavy atom. The number of nitro benzene ring substituents is 1. The average Bonchev–Trinajstić information content (AvgIpc) is 2.88. The number of hydrogen-bond acceptors (Lipinski definition) is 5. The summed E-state index contributed by atoms with van der Waals surface area (Å²) in [5, 5.41) is 17.6. The van der Waals surface area contributed by atoms with Crippen LogP contribution < -0.4 is 10.1 Å². The number of ether oxygens (including phenoxy) is 1. The van der Waals surface area contributed by atoms with Gasteiger partial charge >= 0.3 is 0 Å². The topological polar surface area (TPSA) is 99.3 Å². The summed E-state index contributed by atoms with van der Waals surface area (Å²) in [5.74, 6) is -0.294. The van der Waals surface area contributed by atoms with E-state index >= 15 is 0 Å². The van der Waals surface area contributed by atoms with E-state index in [1.54, 1.807) is 0 Å². The molecular formula is C13H13ClN4O4. The molecule has 9 heteroatoms. The Bertz CT molecular complexity index is 729. The van der Waals surface area contributed by atoms with Crippen LogP contribution >= 0.6 is 11.6 Å². The van der Waals surface area contributed by atoms with Crippen LogP contribution in [0.15, 0.2) is 24.4 Å². The molecule has 8 nitrogen and oxygen atoms in total. The van der Waals surface area contributed by atoms with Gasteiger partial charge in [-0.1, -0.05) is 11.6 Å². The molecule has 1 aromatic carbocycles. The van der Waals surface area contributed by atoms with Crippen LogP contribution in [0.25, 0.3) is 0 Å². The van der Waals surface area contributed by atoms with Crippen molar-refractivity contribution < 1.29 is 14.5 Å². The molecule has 0 atom stereocenters. The van der Waals surface area contributed by atoms with Gasteiger partial charge in [-0.05, 0) is 13.0 Å². The van der Waals surface area contributed by atoms with Crippen LogP contribution in [0.4, 0.5) is 11.4 Å². The van der Waals surface area contributed by atoms with E-state index in [1.165, 1.54) is 36.2 Å². The minimum absolute atomic E-state index is 0.133. The molecule has 0 aliphatic carbocycles. The van der Waals surface area contributed by atoms with Gasteiger partial charge in [0.05, 0.1) is 35.0 Å². The summed E-state index contributed by atoms with van der Waals surface area (Å²) < 4.78 is 6.52. The Hall–Kier alpha value is -2.61. The number of carbonyl (C=O) groups is 1. The quantitative estimate of drug-likeness (QED) is 0.673. The van der Waals surface area contributed by atoms with Crippen molar-refractivity contribution in [1.82, 2.24) is 9.78 Å². The molecule has 0 saturated carbocycles. The predicted molar refractivity (Wildman–Crippen MR) is 80.5 cm³/mol. The molecule has 0 fully saturated rings. The van der Waals surface area contributed by atoms with Crippen molar-refractivity contribution in [3.05, 3.63) is 45.2 Å². The van der Waals surface area contributed by atoms with Crippen molar-refractivity contribution in [3.8, 4) is 5.75 Å². The molecule has 0 unspecified atom stereocenters. The number of methoxy groups -OCH3 is 1. The zero-order valence-corrected chi connectivity index (χ0v) is 12.6. The molecule has 2 aromatic rings. The minimum Gasteiger partial charge on any atom is -0.494 e. The van der Waals surface area contributed by atoms with Gasteiger partial charge in [0.2, 0.25) is 0 Å². The molecule has 0 aliphatic rings. The lowest BCUT2D eigenvalue weighted by atomic mass is 10.2. The summed E-state index contributed by atoms with van der Waals surface area (Å²) in [6.07, 6.45) is 1.38. The Kier molecular flexibility index (Phi) is 4.62. The summed E-state index contributed by atoms with van der Waals surface area (Å²) >= 11 is 5.96. The van der Waals surface area contributed by atoms with Gasteiger partial charge in [-0.15, -0.1) is 0 Å². The molecule has 0 radical (unpaired) electrons. The molecule has 2 rings (SSSR count). The normalized spacial score (nSPS) is 10.3. The fourth-order valence-electron chi connectivity index (χ4n) is 1.91. The third-order valence-corrected chi connectivity index (χ3v) is 3.23. The third-order valence-electron chi connectivity index (χ3n) is 2.95. The van der Waals surface area contributed by atoms with Crippen molar-refractivity contribution in [1.29, 1.82) is 0 Å². The maximum Gasteiger partial charge on any atom is 0.275 e. The Balaban J connectivity index is 2.32. The van der Waals surface area contributed by atoms with Crippen LogP contribution in [0.1, 0.15) is 17.4 Å². The molecule has 1 aromatic heterocycles. The van der Waals surface area contributed by atoms with Crippen LogP contribution in [0.5, 0.6) is 5.75 Å². The van der Waals surface area contributed by atoms with Crippen molar-refractivity contribution >= 4 is 28.9 Å². The highest BCUT2D eigenvalue weighted by molar-refractivity contribution is 6.34. The Morgan fingerprint density at radius 1 is 1.55 bits per heavy atom. The van der Waals surface area contributed by atoms with E-state index in [0.29, 0.717) is 12.2 Å². The van der Waals surface area contributed by atoms with Gasteiger partial charge in [-0.3, -0.25) is 19.6 Å². The number of anilines is 1. The predicted octanol–water partition coefficient (Wildman–Crippen LogP) is 2.73. The number of aryl methyl sites for hydroxylation is 1. The van der Waals surface area contributed by atoms with E-state index in [1.807, 2.05) is 6.92 Å². The molecule has 0 saturated heterocycles. The first kappa shape index (κ1) is 15.8. The fraction of sp³-hybridized carbons (Fsp3) is 0.231. The summed E-state index contributed by atoms with van der Waals surface area (Å²) in [6.45, 7) is 2.30. The lowest BCUT2D eigenvalue weighted by molar-refractivity contribution is -0.384. The van der Waals surface area contributed by atoms with Gasteiger partial charge in [-0.25, -0.2) is 0 Å². The maximum absolute atomic E-state index is 12.3. The van der Waals surface area contributed by atoms with Crippen LogP contribution in [0.2, 0.25) is 5.02 Å². The van der Waals surface area contributed by atoms with Crippen molar-refractivity contribution in [3.63, 3.8) is 0 Å². The van der Waals surface area contributed by atoms with Crippen LogP contribution in [0, 0.1) is 10.1 Å². The zero-order chi connectivity index (χ0) is 16.3. The number of hydrogen-bond donors (Lipinski definition) is 1. The standard InChI is InChI=1S/C13H13ClN4O4/c1-3-17-12(9(14)7-15-17)13(19)16-10-5-4-8(18(20)21)6-11(10)22-2/h4-7H,3H2,1-2H3,(H,16,19). The number of benzene rings is 1. The van der Waals surface area contributed by atoms with E-state index < -0.39 is 10.8 Å². The molecular weight excluding hydrogens is 312 g/mol. The van der Waals surface area contributed by atoms with E-state index in [2.05, 4.69) is 10.4 Å². The van der Waals surface area contributed by atoms with Crippen molar-refractivity contribution in [2.24, 2.45) is 0 Å². The fourth-order valence-corrected chi connectivity index (χ4v) is 2.13. The average molecular weight is 325 g/mol. The van der Waals surface area contributed by atoms with Gasteiger partial charge in [0.1, 0.15) is 11.4 Å². The second-order valence-electron chi connectivity index (χ2n) is 4.25. The minimum atomic E-state index is -0.544. The Labute approximate surface area is 130 Å². The van der Waals surface area contributed by atoms with Crippen molar-refractivity contribution in [2.75, 3.05) is 12.4 Å². The highest BCUT2D eigenvalue weighted by Gasteiger charge is 2.19. The lowest BCUT2D eigenvalue weighted by Gasteiger charge is -2.11. The number of nitrogens with zero attached hydrogens (tertiary/aromatic N) is 3. The molecule has 22 heavy (non-hydrogen) atoms. The maximum atomic E-state index is 12.3. The third kappa shape index (κ3) is 3.01. The van der Waals surface area contributed by atoms with Crippen molar-refractivity contribution in [2.45, 2.75) is 13.5 Å². The molecule has 1 N–H and O–H groups in total. The summed E-state index contributed by atoms with van der Waals surface area (Å²) in [6, 6.07) is 3.90. The van der Waals surface area contributed by atoms with E-state index in [-0.39, 0.29) is 22.2 Å². The number of nitro groups is 1. The summed E-state index contributed by atoms with van der Waals surface area (Å²) in [7, 11) is 1.36. The van der Waals surface area contributed by atoms with Crippen LogP contribution in [-0.2, 0) is 6.54 Å². The zero-order valence-electron chi connectivity index (χ0n) is 11.9. The first-order valence-corrected chi connectivity index (χ1v) is 6.70. The highest BCUT2D eigenvalue weighted by Crippen LogP contribution is 2.29. The van der Waals surface area contributed by atoms with Gasteiger partial charge in [0.25, 0.3) is 11.6 Å². The molecule has 1 heterocycles. The highest BCUT2D eigenvalue weighted by atomic mass is 35.5. The van der Waals surface area contributed by atoms with E-state index in [4.69, 9.17) is 16.3 Å². The van der Waals surface area contributed by atoms with Gasteiger partial charge < -0.3 is 10.1 Å². The van der Waals surface area contributed by atoms with Crippen LogP contribution in [0.3, 0.4) is 0 Å². The molecule has 116 valence electrons.